The third-order valence-corrected chi connectivity index (χ3v) is 3.02. The van der Waals surface area contributed by atoms with Crippen LogP contribution in [-0.2, 0) is 9.59 Å². The Morgan fingerprint density at radius 3 is 1.69 bits per heavy atom. The van der Waals surface area contributed by atoms with Crippen LogP contribution >= 0.6 is 0 Å². The first-order valence-electron chi connectivity index (χ1n) is 7.67. The van der Waals surface area contributed by atoms with Crippen LogP contribution in [0.15, 0.2) is 0 Å². The Bertz CT molecular complexity index is 334. The third-order valence-electron chi connectivity index (χ3n) is 3.02. The van der Waals surface area contributed by atoms with Gasteiger partial charge in [-0.15, -0.1) is 0 Å². The van der Waals surface area contributed by atoms with Crippen LogP contribution in [0.25, 0.3) is 0 Å². The van der Waals surface area contributed by atoms with Crippen LogP contribution < -0.4 is 5.32 Å². The normalized spacial score (nSPS) is 12.0. The summed E-state index contributed by atoms with van der Waals surface area (Å²) in [6, 6.07) is 0. The average Bonchev–Trinajstić information content (AvgIpc) is 2.52. The number of aldehydes is 1. The second kappa shape index (κ2) is 14.9. The zero-order chi connectivity index (χ0) is 21.4. The average molecular weight is 400 g/mol. The van der Waals surface area contributed by atoms with Gasteiger partial charge in [0.2, 0.25) is 0 Å². The van der Waals surface area contributed by atoms with Crippen molar-refractivity contribution in [3.05, 3.63) is 0 Å². The molecule has 0 aliphatic rings. The molecule has 0 saturated carbocycles. The fraction of sp³-hybridized carbons (Fsp3) is 0.867. The molecule has 1 N–H and O–H groups in total. The molecule has 0 bridgehead atoms. The number of unbranched alkanes of at least 4 members (excludes halogenated alkanes) is 2. The Balaban J connectivity index is -0.000000444. The highest BCUT2D eigenvalue weighted by Crippen LogP contribution is 2.49. The lowest BCUT2D eigenvalue weighted by molar-refractivity contribution is -0.343. The Morgan fingerprint density at radius 2 is 1.38 bits per heavy atom. The summed E-state index contributed by atoms with van der Waals surface area (Å²) in [6.45, 7) is 4.30. The fourth-order valence-electron chi connectivity index (χ4n) is 1.61. The van der Waals surface area contributed by atoms with Gasteiger partial charge in [0, 0.05) is 6.42 Å². The molecule has 0 rings (SSSR count). The maximum absolute atomic E-state index is 12.9. The van der Waals surface area contributed by atoms with E-state index in [0.717, 1.165) is 6.54 Å². The van der Waals surface area contributed by atoms with Gasteiger partial charge in [-0.25, -0.2) is 4.39 Å². The first-order valence-corrected chi connectivity index (χ1v) is 7.67. The maximum atomic E-state index is 12.9. The van der Waals surface area contributed by atoms with E-state index in [2.05, 4.69) is 24.3 Å². The zero-order valence-electron chi connectivity index (χ0n) is 15.1. The van der Waals surface area contributed by atoms with Gasteiger partial charge in [-0.3, -0.25) is 0 Å². The fourth-order valence-corrected chi connectivity index (χ4v) is 1.61. The van der Waals surface area contributed by atoms with Gasteiger partial charge in [-0.05, 0) is 59.9 Å². The van der Waals surface area contributed by atoms with Crippen LogP contribution in [0, 0.1) is 0 Å². The molecule has 0 unspecified atom stereocenters. The molecule has 0 heterocycles. The summed E-state index contributed by atoms with van der Waals surface area (Å²) < 4.78 is 84.6. The molecule has 0 radical (unpaired) electrons. The molecule has 0 fully saturated rings. The number of hydrogen-bond donors (Lipinski definition) is 1. The summed E-state index contributed by atoms with van der Waals surface area (Å²) in [5, 5.41) is 3.10. The lowest BCUT2D eigenvalue weighted by atomic mass is 9.96. The van der Waals surface area contributed by atoms with Crippen molar-refractivity contribution in [3.63, 3.8) is 0 Å². The largest absolute Gasteiger partial charge is 0.431 e. The predicted molar refractivity (Wildman–Crippen MR) is 84.7 cm³/mol. The Morgan fingerprint density at radius 1 is 0.923 bits per heavy atom. The molecule has 0 saturated heterocycles. The second-order valence-electron chi connectivity index (χ2n) is 5.47. The molecular weight excluding hydrogens is 373 g/mol. The number of carbonyl (C=O) groups is 2. The molecule has 0 aromatic rings. The van der Waals surface area contributed by atoms with E-state index in [1.807, 2.05) is 13.8 Å². The minimum atomic E-state index is -5.99. The van der Waals surface area contributed by atoms with Crippen LogP contribution in [0.3, 0.4) is 0 Å². The minimum absolute atomic E-state index is 0.189. The van der Waals surface area contributed by atoms with E-state index in [9.17, 15) is 35.5 Å². The minimum Gasteiger partial charge on any atom is -0.320 e. The van der Waals surface area contributed by atoms with Crippen molar-refractivity contribution < 1.29 is 40.3 Å². The van der Waals surface area contributed by atoms with E-state index < -0.39 is 30.9 Å². The second-order valence-corrected chi connectivity index (χ2v) is 5.47. The topological polar surface area (TPSA) is 49.4 Å². The van der Waals surface area contributed by atoms with Crippen LogP contribution in [0.4, 0.5) is 30.7 Å². The van der Waals surface area contributed by atoms with Gasteiger partial charge < -0.3 is 19.8 Å². The van der Waals surface area contributed by atoms with E-state index in [1.54, 1.807) is 0 Å². The van der Waals surface area contributed by atoms with Crippen LogP contribution in [0.2, 0.25) is 0 Å². The van der Waals surface area contributed by atoms with Crippen LogP contribution in [-0.4, -0.2) is 70.2 Å². The highest BCUT2D eigenvalue weighted by molar-refractivity contribution is 5.48. The molecule has 0 amide bonds. The predicted octanol–water partition coefficient (Wildman–Crippen LogP) is 3.55. The van der Waals surface area contributed by atoms with Crippen LogP contribution in [0.5, 0.6) is 0 Å². The van der Waals surface area contributed by atoms with Crippen molar-refractivity contribution in [2.24, 2.45) is 0 Å². The number of alkyl halides is 7. The van der Waals surface area contributed by atoms with Crippen molar-refractivity contribution in [2.75, 3.05) is 34.2 Å². The molecule has 0 spiro atoms. The molecule has 0 aliphatic heterocycles. The number of nitrogens with zero attached hydrogens (tertiary/aromatic N) is 1. The van der Waals surface area contributed by atoms with Crippen molar-refractivity contribution in [2.45, 2.75) is 50.1 Å². The molecule has 158 valence electrons. The number of nitrogens with one attached hydrogen (secondary N) is 1. The molecule has 11 heteroatoms. The molecule has 0 aromatic heterocycles. The standard InChI is InChI=1S/C8H9F7O.C6H16N2.CH2O/c9-6(7(10,11)12,8(13,14)15)4-2-1-3-5-16;1-7-5-4-6-8(2)3;1-2/h5H,1-4H2;7H,4-6H2,1-3H3;1H2. The number of hydrogen-bond acceptors (Lipinski definition) is 4. The molecule has 0 aromatic carbocycles. The van der Waals surface area contributed by atoms with Crippen molar-refractivity contribution in [1.82, 2.24) is 10.2 Å². The van der Waals surface area contributed by atoms with Gasteiger partial charge in [0.25, 0.3) is 5.67 Å². The monoisotopic (exact) mass is 400 g/mol. The first-order chi connectivity index (χ1) is 11.8. The summed E-state index contributed by atoms with van der Waals surface area (Å²) >= 11 is 0. The Labute approximate surface area is 149 Å². The van der Waals surface area contributed by atoms with Crippen LogP contribution in [0.1, 0.15) is 32.1 Å². The van der Waals surface area contributed by atoms with Gasteiger partial charge >= 0.3 is 12.4 Å². The number of carbonyl (C=O) groups excluding carboxylic acids is 2. The third kappa shape index (κ3) is 13.0. The molecular formula is C15H27F7N2O2. The van der Waals surface area contributed by atoms with E-state index >= 15 is 0 Å². The smallest absolute Gasteiger partial charge is 0.320 e. The summed E-state index contributed by atoms with van der Waals surface area (Å²) in [6.07, 6.45) is -13.2. The molecule has 26 heavy (non-hydrogen) atoms. The first kappa shape index (κ1) is 29.5. The maximum Gasteiger partial charge on any atom is 0.431 e. The van der Waals surface area contributed by atoms with E-state index in [1.165, 1.54) is 13.0 Å². The summed E-state index contributed by atoms with van der Waals surface area (Å²) in [5.41, 5.74) is -5.19. The van der Waals surface area contributed by atoms with E-state index in [4.69, 9.17) is 4.79 Å². The number of rotatable bonds is 9. The summed E-state index contributed by atoms with van der Waals surface area (Å²) in [4.78, 5) is 20.0. The summed E-state index contributed by atoms with van der Waals surface area (Å²) in [7, 11) is 6.17. The Hall–Kier alpha value is -1.23. The SMILES string of the molecule is C=O.CNCCCN(C)C.O=CCCCCC(F)(C(F)(F)F)C(F)(F)F. The molecule has 0 aliphatic carbocycles. The van der Waals surface area contributed by atoms with Gasteiger partial charge in [-0.1, -0.05) is 0 Å². The van der Waals surface area contributed by atoms with Gasteiger partial charge in [0.1, 0.15) is 13.1 Å². The van der Waals surface area contributed by atoms with E-state index in [-0.39, 0.29) is 12.8 Å². The van der Waals surface area contributed by atoms with Crippen molar-refractivity contribution in [3.8, 4) is 0 Å². The highest BCUT2D eigenvalue weighted by atomic mass is 19.4. The highest BCUT2D eigenvalue weighted by Gasteiger charge is 2.71. The zero-order valence-corrected chi connectivity index (χ0v) is 15.1. The van der Waals surface area contributed by atoms with Crippen molar-refractivity contribution in [1.29, 1.82) is 0 Å². The van der Waals surface area contributed by atoms with Gasteiger partial charge in [0.15, 0.2) is 0 Å². The molecule has 4 nitrogen and oxygen atoms in total. The summed E-state index contributed by atoms with van der Waals surface area (Å²) in [5.74, 6) is 0. The van der Waals surface area contributed by atoms with Gasteiger partial charge in [-0.2, -0.15) is 26.3 Å². The molecule has 0 atom stereocenters. The number of halogens is 7. The lowest BCUT2D eigenvalue weighted by Gasteiger charge is -2.29. The van der Waals surface area contributed by atoms with E-state index in [0.29, 0.717) is 6.29 Å². The quantitative estimate of drug-likeness (QED) is 0.365. The van der Waals surface area contributed by atoms with Gasteiger partial charge in [0.05, 0.1) is 0 Å². The Kier molecular flexibility index (Phi) is 16.9. The lowest BCUT2D eigenvalue weighted by Crippen LogP contribution is -2.53. The van der Waals surface area contributed by atoms with Crippen molar-refractivity contribution >= 4 is 13.1 Å².